The fourth-order valence-corrected chi connectivity index (χ4v) is 4.09. The molecule has 1 aliphatic heterocycles. The summed E-state index contributed by atoms with van der Waals surface area (Å²) in [5.41, 5.74) is 0. The number of carbonyl (C=O) groups is 1. The first kappa shape index (κ1) is 13.2. The lowest BCUT2D eigenvalue weighted by atomic mass is 9.79. The maximum absolute atomic E-state index is 12.0. The number of fused-ring (bicyclic) bond motifs is 1. The van der Waals surface area contributed by atoms with E-state index in [1.807, 2.05) is 0 Å². The molecule has 1 unspecified atom stereocenters. The van der Waals surface area contributed by atoms with E-state index in [-0.39, 0.29) is 6.03 Å². The van der Waals surface area contributed by atoms with Gasteiger partial charge in [-0.05, 0) is 57.0 Å². The molecular formula is C15H27N3O. The summed E-state index contributed by atoms with van der Waals surface area (Å²) in [6.07, 6.45) is 9.77. The van der Waals surface area contributed by atoms with Gasteiger partial charge in [0, 0.05) is 12.1 Å². The molecule has 3 aliphatic rings. The second-order valence-electron chi connectivity index (χ2n) is 6.64. The van der Waals surface area contributed by atoms with Gasteiger partial charge in [-0.25, -0.2) is 4.79 Å². The molecule has 4 nitrogen and oxygen atoms in total. The fraction of sp³-hybridized carbons (Fsp3) is 0.933. The zero-order chi connectivity index (χ0) is 13.1. The standard InChI is InChI=1S/C15H27N3O/c19-15(17-13-4-2-1-3-5-13)18-14-7-6-11-9-16-10-12(11)8-14/h11-14,16H,1-10H2,(H2,17,18,19)/t11-,12+,14?/m0/s1. The first-order valence-corrected chi connectivity index (χ1v) is 8.09. The first-order chi connectivity index (χ1) is 9.31. The molecule has 3 N–H and O–H groups in total. The molecule has 19 heavy (non-hydrogen) atoms. The highest BCUT2D eigenvalue weighted by Crippen LogP contribution is 2.32. The molecule has 2 aliphatic carbocycles. The molecule has 2 amide bonds. The molecule has 0 spiro atoms. The van der Waals surface area contributed by atoms with Gasteiger partial charge in [-0.2, -0.15) is 0 Å². The zero-order valence-corrected chi connectivity index (χ0v) is 11.8. The van der Waals surface area contributed by atoms with Crippen LogP contribution in [0.2, 0.25) is 0 Å². The largest absolute Gasteiger partial charge is 0.335 e. The Morgan fingerprint density at radius 1 is 0.842 bits per heavy atom. The van der Waals surface area contributed by atoms with Gasteiger partial charge < -0.3 is 16.0 Å². The van der Waals surface area contributed by atoms with Crippen LogP contribution in [0.5, 0.6) is 0 Å². The minimum atomic E-state index is 0.0707. The number of carbonyl (C=O) groups excluding carboxylic acids is 1. The number of nitrogens with one attached hydrogen (secondary N) is 3. The van der Waals surface area contributed by atoms with Crippen molar-refractivity contribution in [3.05, 3.63) is 0 Å². The lowest BCUT2D eigenvalue weighted by molar-refractivity contribution is 0.209. The molecule has 0 radical (unpaired) electrons. The average molecular weight is 265 g/mol. The van der Waals surface area contributed by atoms with Gasteiger partial charge in [0.1, 0.15) is 0 Å². The Bertz CT molecular complexity index is 315. The van der Waals surface area contributed by atoms with Crippen molar-refractivity contribution in [2.45, 2.75) is 63.5 Å². The Kier molecular flexibility index (Phi) is 4.26. The summed E-state index contributed by atoms with van der Waals surface area (Å²) >= 11 is 0. The van der Waals surface area contributed by atoms with Crippen molar-refractivity contribution in [1.82, 2.24) is 16.0 Å². The SMILES string of the molecule is O=C(NC1CCCCC1)NC1CC[C@H]2CNC[C@H]2C1. The predicted molar refractivity (Wildman–Crippen MR) is 76.0 cm³/mol. The van der Waals surface area contributed by atoms with Gasteiger partial charge >= 0.3 is 6.03 Å². The molecule has 4 heteroatoms. The lowest BCUT2D eigenvalue weighted by Gasteiger charge is -2.32. The van der Waals surface area contributed by atoms with E-state index in [0.29, 0.717) is 12.1 Å². The van der Waals surface area contributed by atoms with Crippen LogP contribution in [0.1, 0.15) is 51.4 Å². The first-order valence-electron chi connectivity index (χ1n) is 8.09. The second kappa shape index (κ2) is 6.12. The minimum Gasteiger partial charge on any atom is -0.335 e. The van der Waals surface area contributed by atoms with Crippen molar-refractivity contribution in [1.29, 1.82) is 0 Å². The van der Waals surface area contributed by atoms with E-state index in [0.717, 1.165) is 44.1 Å². The average Bonchev–Trinajstić information content (AvgIpc) is 2.87. The second-order valence-corrected chi connectivity index (χ2v) is 6.64. The van der Waals surface area contributed by atoms with Gasteiger partial charge in [0.2, 0.25) is 0 Å². The minimum absolute atomic E-state index is 0.0707. The quantitative estimate of drug-likeness (QED) is 0.715. The van der Waals surface area contributed by atoms with E-state index in [1.54, 1.807) is 0 Å². The van der Waals surface area contributed by atoms with Crippen molar-refractivity contribution in [3.8, 4) is 0 Å². The van der Waals surface area contributed by atoms with Crippen LogP contribution >= 0.6 is 0 Å². The third kappa shape index (κ3) is 3.41. The Hall–Kier alpha value is -0.770. The topological polar surface area (TPSA) is 53.2 Å². The van der Waals surface area contributed by atoms with Gasteiger partial charge in [-0.3, -0.25) is 0 Å². The van der Waals surface area contributed by atoms with Crippen LogP contribution in [0, 0.1) is 11.8 Å². The number of hydrogen-bond acceptors (Lipinski definition) is 2. The van der Waals surface area contributed by atoms with Crippen molar-refractivity contribution >= 4 is 6.03 Å². The smallest absolute Gasteiger partial charge is 0.315 e. The molecule has 1 heterocycles. The third-order valence-electron chi connectivity index (χ3n) is 5.23. The highest BCUT2D eigenvalue weighted by Gasteiger charge is 2.34. The highest BCUT2D eigenvalue weighted by molar-refractivity contribution is 5.74. The normalized spacial score (nSPS) is 35.7. The Balaban J connectivity index is 1.41. The summed E-state index contributed by atoms with van der Waals surface area (Å²) in [6.45, 7) is 2.33. The summed E-state index contributed by atoms with van der Waals surface area (Å²) in [7, 11) is 0. The van der Waals surface area contributed by atoms with Crippen LogP contribution in [0.25, 0.3) is 0 Å². The summed E-state index contributed by atoms with van der Waals surface area (Å²) < 4.78 is 0. The van der Waals surface area contributed by atoms with Crippen LogP contribution < -0.4 is 16.0 Å². The molecule has 0 aromatic heterocycles. The van der Waals surface area contributed by atoms with Crippen molar-refractivity contribution in [2.75, 3.05) is 13.1 Å². The number of amides is 2. The molecule has 108 valence electrons. The number of rotatable bonds is 2. The summed E-state index contributed by atoms with van der Waals surface area (Å²) in [5, 5.41) is 9.84. The fourth-order valence-electron chi connectivity index (χ4n) is 4.09. The molecule has 3 atom stereocenters. The van der Waals surface area contributed by atoms with E-state index in [1.165, 1.54) is 32.2 Å². The van der Waals surface area contributed by atoms with E-state index >= 15 is 0 Å². The van der Waals surface area contributed by atoms with Gasteiger partial charge in [0.05, 0.1) is 0 Å². The van der Waals surface area contributed by atoms with Crippen molar-refractivity contribution in [3.63, 3.8) is 0 Å². The Labute approximate surface area is 116 Å². The molecule has 3 rings (SSSR count). The van der Waals surface area contributed by atoms with Gasteiger partial charge in [-0.15, -0.1) is 0 Å². The Morgan fingerprint density at radius 2 is 1.58 bits per heavy atom. The summed E-state index contributed by atoms with van der Waals surface area (Å²) in [4.78, 5) is 12.0. The molecule has 3 fully saturated rings. The molecule has 0 aromatic carbocycles. The molecule has 0 aromatic rings. The molecule has 1 saturated heterocycles. The third-order valence-corrected chi connectivity index (χ3v) is 5.23. The molecular weight excluding hydrogens is 238 g/mol. The van der Waals surface area contributed by atoms with Crippen LogP contribution in [-0.4, -0.2) is 31.2 Å². The van der Waals surface area contributed by atoms with Crippen molar-refractivity contribution in [2.24, 2.45) is 11.8 Å². The Morgan fingerprint density at radius 3 is 2.42 bits per heavy atom. The maximum atomic E-state index is 12.0. The number of urea groups is 1. The van der Waals surface area contributed by atoms with E-state index in [2.05, 4.69) is 16.0 Å². The number of hydrogen-bond donors (Lipinski definition) is 3. The van der Waals surface area contributed by atoms with Gasteiger partial charge in [0.25, 0.3) is 0 Å². The lowest BCUT2D eigenvalue weighted by Crippen LogP contribution is -2.48. The van der Waals surface area contributed by atoms with Gasteiger partial charge in [0.15, 0.2) is 0 Å². The van der Waals surface area contributed by atoms with Crippen molar-refractivity contribution < 1.29 is 4.79 Å². The predicted octanol–water partition coefficient (Wildman–Crippen LogP) is 2.01. The van der Waals surface area contributed by atoms with E-state index < -0.39 is 0 Å². The van der Waals surface area contributed by atoms with E-state index in [4.69, 9.17) is 0 Å². The highest BCUT2D eigenvalue weighted by atomic mass is 16.2. The summed E-state index contributed by atoms with van der Waals surface area (Å²) in [6, 6.07) is 0.879. The van der Waals surface area contributed by atoms with Crippen LogP contribution in [0.15, 0.2) is 0 Å². The monoisotopic (exact) mass is 265 g/mol. The summed E-state index contributed by atoms with van der Waals surface area (Å²) in [5.74, 6) is 1.65. The zero-order valence-electron chi connectivity index (χ0n) is 11.8. The molecule has 0 bridgehead atoms. The van der Waals surface area contributed by atoms with Gasteiger partial charge in [-0.1, -0.05) is 19.3 Å². The van der Waals surface area contributed by atoms with E-state index in [9.17, 15) is 4.79 Å². The molecule has 2 saturated carbocycles. The van der Waals surface area contributed by atoms with Crippen LogP contribution in [0.4, 0.5) is 4.79 Å². The maximum Gasteiger partial charge on any atom is 0.315 e. The van der Waals surface area contributed by atoms with Crippen LogP contribution in [0.3, 0.4) is 0 Å². The van der Waals surface area contributed by atoms with Crippen LogP contribution in [-0.2, 0) is 0 Å².